The zero-order valence-corrected chi connectivity index (χ0v) is 22.0. The molecule has 2 aromatic carbocycles. The van der Waals surface area contributed by atoms with Crippen LogP contribution in [-0.2, 0) is 37.7 Å². The maximum Gasteiger partial charge on any atom is 0.418 e. The van der Waals surface area contributed by atoms with Crippen LogP contribution in [0.3, 0.4) is 0 Å². The molecule has 218 valence electrons. The van der Waals surface area contributed by atoms with E-state index in [1.807, 2.05) is 0 Å². The van der Waals surface area contributed by atoms with Crippen LogP contribution in [0.5, 0.6) is 0 Å². The van der Waals surface area contributed by atoms with Crippen molar-refractivity contribution < 1.29 is 41.5 Å². The molecule has 41 heavy (non-hydrogen) atoms. The number of ether oxygens (including phenoxy) is 1. The molecule has 1 spiro atoms. The molecule has 2 aromatic rings. The van der Waals surface area contributed by atoms with Crippen molar-refractivity contribution >= 4 is 29.5 Å². The van der Waals surface area contributed by atoms with Crippen molar-refractivity contribution in [2.45, 2.75) is 63.0 Å². The number of carbonyl (C=O) groups is 4. The molecule has 13 heteroatoms. The van der Waals surface area contributed by atoms with Crippen molar-refractivity contribution in [2.75, 3.05) is 11.9 Å². The first-order valence-electron chi connectivity index (χ1n) is 13.2. The smallest absolute Gasteiger partial charge is 0.418 e. The van der Waals surface area contributed by atoms with Gasteiger partial charge >= 0.3 is 12.3 Å². The van der Waals surface area contributed by atoms with Crippen molar-refractivity contribution in [3.8, 4) is 0 Å². The van der Waals surface area contributed by atoms with Crippen LogP contribution in [0, 0.1) is 11.7 Å². The minimum absolute atomic E-state index is 0.0643. The number of aryl methyl sites for hydroxylation is 1. The van der Waals surface area contributed by atoms with Crippen LogP contribution >= 0.6 is 0 Å². The number of halogens is 4. The molecule has 1 aliphatic heterocycles. The third-order valence-electron chi connectivity index (χ3n) is 7.88. The van der Waals surface area contributed by atoms with Gasteiger partial charge in [0.05, 0.1) is 6.04 Å². The zero-order valence-electron chi connectivity index (χ0n) is 22.0. The number of nitrogens with one attached hydrogen (secondary N) is 1. The Morgan fingerprint density at radius 3 is 2.49 bits per heavy atom. The van der Waals surface area contributed by atoms with Gasteiger partial charge in [0.2, 0.25) is 17.4 Å². The van der Waals surface area contributed by atoms with E-state index < -0.39 is 60.7 Å². The second-order valence-electron chi connectivity index (χ2n) is 10.7. The average Bonchev–Trinajstić information content (AvgIpc) is 3.67. The number of amides is 4. The van der Waals surface area contributed by atoms with Crippen molar-refractivity contribution in [1.82, 2.24) is 9.80 Å². The normalized spacial score (nSPS) is 21.5. The topological polar surface area (TPSA) is 122 Å². The summed E-state index contributed by atoms with van der Waals surface area (Å²) in [5.41, 5.74) is 5.93. The zero-order chi connectivity index (χ0) is 29.7. The Kier molecular flexibility index (Phi) is 7.26. The van der Waals surface area contributed by atoms with Crippen LogP contribution in [-0.4, -0.2) is 58.4 Å². The maximum atomic E-state index is 13.6. The number of nitrogens with two attached hydrogens (primary N) is 1. The number of alkyl halides is 3. The summed E-state index contributed by atoms with van der Waals surface area (Å²) in [7, 11) is 0. The molecule has 9 nitrogen and oxygen atoms in total. The maximum absolute atomic E-state index is 13.6. The van der Waals surface area contributed by atoms with E-state index in [-0.39, 0.29) is 23.8 Å². The van der Waals surface area contributed by atoms with Gasteiger partial charge in [0, 0.05) is 24.2 Å². The fourth-order valence-corrected chi connectivity index (χ4v) is 5.26. The number of benzene rings is 2. The molecule has 1 saturated carbocycles. The molecule has 1 heterocycles. The summed E-state index contributed by atoms with van der Waals surface area (Å²) in [6, 6.07) is 6.47. The Balaban J connectivity index is 1.33. The fourth-order valence-electron chi connectivity index (χ4n) is 5.26. The van der Waals surface area contributed by atoms with E-state index >= 15 is 0 Å². The van der Waals surface area contributed by atoms with E-state index in [0.717, 1.165) is 31.9 Å². The molecule has 0 radical (unpaired) electrons. The summed E-state index contributed by atoms with van der Waals surface area (Å²) < 4.78 is 59.7. The minimum Gasteiger partial charge on any atom is -0.427 e. The summed E-state index contributed by atoms with van der Waals surface area (Å²) in [6.07, 6.45) is -3.78. The summed E-state index contributed by atoms with van der Waals surface area (Å²) in [5.74, 6) is -2.76. The van der Waals surface area contributed by atoms with Gasteiger partial charge in [0.15, 0.2) is 0 Å². The second-order valence-corrected chi connectivity index (χ2v) is 10.7. The van der Waals surface area contributed by atoms with Gasteiger partial charge in [-0.1, -0.05) is 18.2 Å². The number of rotatable bonds is 8. The monoisotopic (exact) mass is 576 g/mol. The quantitative estimate of drug-likeness (QED) is 0.464. The van der Waals surface area contributed by atoms with Crippen LogP contribution in [0.1, 0.15) is 42.9 Å². The molecule has 2 aliphatic carbocycles. The van der Waals surface area contributed by atoms with Gasteiger partial charge in [-0.05, 0) is 67.5 Å². The molecule has 5 rings (SSSR count). The SMILES string of the molecule is CC(N(Cc1ccc(F)cc1)C(=O)CN1C(=O)OC2(CCc3cc(NC(=O)C(N)C4CC4)ccc32)C1=O)C(F)(F)F. The van der Waals surface area contributed by atoms with E-state index in [2.05, 4.69) is 5.32 Å². The number of fused-ring (bicyclic) bond motifs is 2. The standard InChI is InChI=1S/C28H28F4N4O5/c1-15(28(30,31)32)35(13-16-2-6-19(29)7-3-16)22(37)14-36-25(39)27(41-26(36)40)11-10-18-12-20(8-9-21(18)27)34-24(38)23(33)17-4-5-17/h2-3,6-9,12,15,17,23H,4-5,10-11,13-14,33H2,1H3,(H,34,38). The Hall–Kier alpha value is -4.00. The van der Waals surface area contributed by atoms with Crippen LogP contribution in [0.25, 0.3) is 0 Å². The number of hydrogen-bond donors (Lipinski definition) is 2. The summed E-state index contributed by atoms with van der Waals surface area (Å²) >= 11 is 0. The molecular formula is C28H28F4N4O5. The van der Waals surface area contributed by atoms with E-state index in [4.69, 9.17) is 10.5 Å². The number of hydrogen-bond acceptors (Lipinski definition) is 6. The third kappa shape index (κ3) is 5.50. The Bertz CT molecular complexity index is 1390. The van der Waals surface area contributed by atoms with Gasteiger partial charge in [-0.25, -0.2) is 14.1 Å². The lowest BCUT2D eigenvalue weighted by atomic mass is 9.94. The van der Waals surface area contributed by atoms with Gasteiger partial charge in [-0.3, -0.25) is 14.4 Å². The predicted octanol–water partition coefficient (Wildman–Crippen LogP) is 3.60. The predicted molar refractivity (Wildman–Crippen MR) is 136 cm³/mol. The molecule has 4 amide bonds. The van der Waals surface area contributed by atoms with Gasteiger partial charge < -0.3 is 20.7 Å². The largest absolute Gasteiger partial charge is 0.427 e. The Morgan fingerprint density at radius 1 is 1.17 bits per heavy atom. The lowest BCUT2D eigenvalue weighted by Crippen LogP contribution is -2.51. The number of nitrogens with zero attached hydrogens (tertiary/aromatic N) is 2. The van der Waals surface area contributed by atoms with E-state index in [9.17, 15) is 36.7 Å². The summed E-state index contributed by atoms with van der Waals surface area (Å²) in [4.78, 5) is 52.9. The molecule has 3 unspecified atom stereocenters. The molecule has 3 N–H and O–H groups in total. The Labute approximate surface area is 232 Å². The highest BCUT2D eigenvalue weighted by atomic mass is 19.4. The highest BCUT2D eigenvalue weighted by Gasteiger charge is 2.58. The number of anilines is 1. The summed E-state index contributed by atoms with van der Waals surface area (Å²) in [6.45, 7) is -0.707. The highest BCUT2D eigenvalue weighted by Crippen LogP contribution is 2.46. The van der Waals surface area contributed by atoms with Crippen LogP contribution in [0.4, 0.5) is 28.0 Å². The first-order valence-corrected chi connectivity index (χ1v) is 13.2. The first-order chi connectivity index (χ1) is 19.3. The lowest BCUT2D eigenvalue weighted by Gasteiger charge is -2.31. The first kappa shape index (κ1) is 28.5. The van der Waals surface area contributed by atoms with Gasteiger partial charge in [0.1, 0.15) is 18.4 Å². The van der Waals surface area contributed by atoms with Gasteiger partial charge in [0.25, 0.3) is 5.91 Å². The Morgan fingerprint density at radius 2 is 1.85 bits per heavy atom. The second kappa shape index (κ2) is 10.4. The molecule has 3 aliphatic rings. The van der Waals surface area contributed by atoms with Crippen molar-refractivity contribution in [2.24, 2.45) is 11.7 Å². The average molecular weight is 577 g/mol. The van der Waals surface area contributed by atoms with Crippen molar-refractivity contribution in [3.63, 3.8) is 0 Å². The lowest BCUT2D eigenvalue weighted by molar-refractivity contribution is -0.187. The van der Waals surface area contributed by atoms with Crippen molar-refractivity contribution in [1.29, 1.82) is 0 Å². The third-order valence-corrected chi connectivity index (χ3v) is 7.88. The van der Waals surface area contributed by atoms with Crippen LogP contribution in [0.15, 0.2) is 42.5 Å². The summed E-state index contributed by atoms with van der Waals surface area (Å²) in [5, 5.41) is 2.75. The van der Waals surface area contributed by atoms with Gasteiger partial charge in [-0.15, -0.1) is 0 Å². The molecule has 0 aromatic heterocycles. The van der Waals surface area contributed by atoms with E-state index in [1.165, 1.54) is 12.1 Å². The fraction of sp³-hybridized carbons (Fsp3) is 0.429. The minimum atomic E-state index is -4.80. The molecule has 1 saturated heterocycles. The molecule has 0 bridgehead atoms. The van der Waals surface area contributed by atoms with E-state index in [0.29, 0.717) is 33.0 Å². The number of carbonyl (C=O) groups excluding carboxylic acids is 4. The van der Waals surface area contributed by atoms with Crippen molar-refractivity contribution in [3.05, 3.63) is 65.0 Å². The number of imide groups is 1. The molecule has 3 atom stereocenters. The van der Waals surface area contributed by atoms with Crippen LogP contribution < -0.4 is 11.1 Å². The van der Waals surface area contributed by atoms with E-state index in [1.54, 1.807) is 18.2 Å². The molecular weight excluding hydrogens is 548 g/mol. The van der Waals surface area contributed by atoms with Gasteiger partial charge in [-0.2, -0.15) is 13.2 Å². The van der Waals surface area contributed by atoms with Crippen LogP contribution in [0.2, 0.25) is 0 Å². The molecule has 2 fully saturated rings. The highest BCUT2D eigenvalue weighted by molar-refractivity contribution is 6.06.